The first-order valence-corrected chi connectivity index (χ1v) is 15.5. The van der Waals surface area contributed by atoms with E-state index >= 15 is 0 Å². The highest BCUT2D eigenvalue weighted by molar-refractivity contribution is 5.96. The molecule has 0 aliphatic heterocycles. The number of hydrogen-bond donors (Lipinski definition) is 2. The third-order valence-electron chi connectivity index (χ3n) is 6.30. The van der Waals surface area contributed by atoms with Crippen LogP contribution >= 0.6 is 0 Å². The van der Waals surface area contributed by atoms with Crippen LogP contribution in [0.25, 0.3) is 0 Å². The van der Waals surface area contributed by atoms with Crippen LogP contribution in [0.3, 0.4) is 0 Å². The van der Waals surface area contributed by atoms with E-state index in [-0.39, 0.29) is 17.9 Å². The maximum atomic E-state index is 12.6. The number of ether oxygens (including phenoxy) is 2. The van der Waals surface area contributed by atoms with Gasteiger partial charge in [-0.15, -0.1) is 0 Å². The lowest BCUT2D eigenvalue weighted by molar-refractivity contribution is -0.158. The normalized spacial score (nSPS) is 14.0. The molecule has 1 heterocycles. The van der Waals surface area contributed by atoms with Gasteiger partial charge in [-0.1, -0.05) is 79.8 Å². The first kappa shape index (κ1) is 38.5. The first-order chi connectivity index (χ1) is 21.8. The predicted octanol–water partition coefficient (Wildman–Crippen LogP) is 6.27. The van der Waals surface area contributed by atoms with Crippen LogP contribution in [-0.2, 0) is 23.9 Å². The van der Waals surface area contributed by atoms with E-state index in [1.807, 2.05) is 12.2 Å². The van der Waals surface area contributed by atoms with Gasteiger partial charge in [-0.2, -0.15) is 0 Å². The van der Waals surface area contributed by atoms with Crippen molar-refractivity contribution >= 4 is 23.8 Å². The third-order valence-corrected chi connectivity index (χ3v) is 6.30. The van der Waals surface area contributed by atoms with Crippen molar-refractivity contribution in [3.8, 4) is 0 Å². The van der Waals surface area contributed by atoms with Gasteiger partial charge in [0.1, 0.15) is 12.1 Å². The molecule has 2 N–H and O–H groups in total. The molecule has 3 atom stereocenters. The molecule has 1 aromatic rings. The van der Waals surface area contributed by atoms with E-state index in [0.717, 1.165) is 38.5 Å². The standard InChI is InChI=1S/C36H49N3O6/c1-5-6-7-8-9-10-11-12-13-14-15-16-17-18-19-20-21-22-23-26-32(40)38-29(2)35(42)45-30(3)33(36(43)44-4)39-34(41)31-25-24-27-37-28-31/h6-7,9-10,12-13,15-16,18-19,21-22,24-25,27-30,33H,5,8,11,14,17,20,23,26H2,1-4H3,(H,38,40)(H,39,41)/b7-6-,10-9-,13-12-,16-15-,19-18-,22-21-/t29-,30+,33-/m0/s1. The molecule has 9 heteroatoms. The number of rotatable bonds is 21. The summed E-state index contributed by atoms with van der Waals surface area (Å²) >= 11 is 0. The number of nitrogens with one attached hydrogen (secondary N) is 2. The van der Waals surface area contributed by atoms with E-state index < -0.39 is 36.0 Å². The van der Waals surface area contributed by atoms with Crippen molar-refractivity contribution < 1.29 is 28.7 Å². The Hall–Kier alpha value is -4.53. The molecular weight excluding hydrogens is 570 g/mol. The number of aromatic nitrogens is 1. The van der Waals surface area contributed by atoms with Crippen molar-refractivity contribution in [3.63, 3.8) is 0 Å². The zero-order valence-electron chi connectivity index (χ0n) is 27.0. The zero-order valence-corrected chi connectivity index (χ0v) is 27.0. The largest absolute Gasteiger partial charge is 0.467 e. The molecule has 0 fully saturated rings. The summed E-state index contributed by atoms with van der Waals surface area (Å²) in [6, 6.07) is 0.920. The van der Waals surface area contributed by atoms with E-state index in [9.17, 15) is 19.2 Å². The Kier molecular flexibility index (Phi) is 21.3. The summed E-state index contributed by atoms with van der Waals surface area (Å²) in [6.45, 7) is 5.08. The van der Waals surface area contributed by atoms with E-state index in [1.165, 1.54) is 39.4 Å². The molecule has 1 rings (SSSR count). The molecule has 45 heavy (non-hydrogen) atoms. The summed E-state index contributed by atoms with van der Waals surface area (Å²) in [5.41, 5.74) is 0.234. The minimum Gasteiger partial charge on any atom is -0.467 e. The van der Waals surface area contributed by atoms with Crippen LogP contribution in [0, 0.1) is 0 Å². The highest BCUT2D eigenvalue weighted by atomic mass is 16.6. The Labute approximate surface area is 268 Å². The quantitative estimate of drug-likeness (QED) is 0.123. The van der Waals surface area contributed by atoms with Gasteiger partial charge in [0.2, 0.25) is 5.91 Å². The maximum absolute atomic E-state index is 12.6. The van der Waals surface area contributed by atoms with Crippen LogP contribution in [0.5, 0.6) is 0 Å². The fourth-order valence-corrected chi connectivity index (χ4v) is 3.80. The molecule has 0 unspecified atom stereocenters. The molecule has 0 aromatic carbocycles. The number of methoxy groups -OCH3 is 1. The third kappa shape index (κ3) is 18.7. The van der Waals surface area contributed by atoms with Crippen molar-refractivity contribution in [1.82, 2.24) is 15.6 Å². The summed E-state index contributed by atoms with van der Waals surface area (Å²) in [6.07, 6.45) is 33.6. The van der Waals surface area contributed by atoms with Crippen LogP contribution < -0.4 is 10.6 Å². The zero-order chi connectivity index (χ0) is 33.1. The van der Waals surface area contributed by atoms with Gasteiger partial charge < -0.3 is 20.1 Å². The van der Waals surface area contributed by atoms with Gasteiger partial charge in [0, 0.05) is 18.8 Å². The molecule has 0 saturated carbocycles. The molecule has 0 aliphatic rings. The molecule has 2 amide bonds. The molecule has 9 nitrogen and oxygen atoms in total. The summed E-state index contributed by atoms with van der Waals surface area (Å²) in [5, 5.41) is 5.11. The summed E-state index contributed by atoms with van der Waals surface area (Å²) in [5.74, 6) is -2.40. The van der Waals surface area contributed by atoms with E-state index in [0.29, 0.717) is 6.42 Å². The van der Waals surface area contributed by atoms with Crippen molar-refractivity contribution in [2.75, 3.05) is 7.11 Å². The second-order valence-corrected chi connectivity index (χ2v) is 10.1. The number of allylic oxidation sites excluding steroid dienone is 12. The highest BCUT2D eigenvalue weighted by Gasteiger charge is 2.32. The summed E-state index contributed by atoms with van der Waals surface area (Å²) in [7, 11) is 1.17. The first-order valence-electron chi connectivity index (χ1n) is 15.5. The molecule has 0 bridgehead atoms. The topological polar surface area (TPSA) is 124 Å². The molecule has 244 valence electrons. The second kappa shape index (κ2) is 24.9. The Morgan fingerprint density at radius 2 is 1.31 bits per heavy atom. The maximum Gasteiger partial charge on any atom is 0.332 e. The van der Waals surface area contributed by atoms with Gasteiger partial charge in [0.15, 0.2) is 6.04 Å². The van der Waals surface area contributed by atoms with Crippen molar-refractivity contribution in [2.45, 2.75) is 90.3 Å². The molecule has 1 aromatic heterocycles. The summed E-state index contributed by atoms with van der Waals surface area (Å²) in [4.78, 5) is 53.5. The van der Waals surface area contributed by atoms with E-state index in [4.69, 9.17) is 9.47 Å². The van der Waals surface area contributed by atoms with Gasteiger partial charge in [0.25, 0.3) is 5.91 Å². The predicted molar refractivity (Wildman–Crippen MR) is 178 cm³/mol. The summed E-state index contributed by atoms with van der Waals surface area (Å²) < 4.78 is 10.1. The minimum atomic E-state index is -1.25. The van der Waals surface area contributed by atoms with Crippen molar-refractivity contribution in [3.05, 3.63) is 103 Å². The van der Waals surface area contributed by atoms with Gasteiger partial charge >= 0.3 is 11.9 Å². The lowest BCUT2D eigenvalue weighted by Crippen LogP contribution is -2.51. The number of nitrogens with zero attached hydrogens (tertiary/aromatic N) is 1. The molecule has 0 spiro atoms. The molecule has 0 radical (unpaired) electrons. The second-order valence-electron chi connectivity index (χ2n) is 10.1. The van der Waals surface area contributed by atoms with Gasteiger partial charge in [-0.3, -0.25) is 14.6 Å². The average molecular weight is 620 g/mol. The van der Waals surface area contributed by atoms with Gasteiger partial charge in [-0.25, -0.2) is 9.59 Å². The van der Waals surface area contributed by atoms with Crippen LogP contribution in [0.1, 0.15) is 82.5 Å². The number of carbonyl (C=O) groups is 4. The number of pyridine rings is 1. The number of carbonyl (C=O) groups excluding carboxylic acids is 4. The smallest absolute Gasteiger partial charge is 0.332 e. The van der Waals surface area contributed by atoms with Crippen LogP contribution in [0.4, 0.5) is 0 Å². The Morgan fingerprint density at radius 1 is 0.778 bits per heavy atom. The number of hydrogen-bond acceptors (Lipinski definition) is 7. The average Bonchev–Trinajstić information content (AvgIpc) is 3.04. The highest BCUT2D eigenvalue weighted by Crippen LogP contribution is 2.07. The Balaban J connectivity index is 2.28. The van der Waals surface area contributed by atoms with E-state index in [1.54, 1.807) is 6.07 Å². The monoisotopic (exact) mass is 619 g/mol. The van der Waals surface area contributed by atoms with Crippen molar-refractivity contribution in [2.24, 2.45) is 0 Å². The molecular formula is C36H49N3O6. The van der Waals surface area contributed by atoms with Gasteiger partial charge in [0.05, 0.1) is 12.7 Å². The van der Waals surface area contributed by atoms with Crippen LogP contribution in [0.15, 0.2) is 97.4 Å². The fourth-order valence-electron chi connectivity index (χ4n) is 3.80. The van der Waals surface area contributed by atoms with Crippen LogP contribution in [0.2, 0.25) is 0 Å². The lowest BCUT2D eigenvalue weighted by atomic mass is 10.1. The van der Waals surface area contributed by atoms with Crippen LogP contribution in [-0.4, -0.2) is 54.0 Å². The number of esters is 2. The van der Waals surface area contributed by atoms with E-state index in [2.05, 4.69) is 83.3 Å². The number of amides is 2. The Bertz CT molecular complexity index is 1200. The lowest BCUT2D eigenvalue weighted by Gasteiger charge is -2.24. The SMILES string of the molecule is CC/C=C\C/C=C\C/C=C\C/C=C\C/C=C\C/C=C\CCC(=O)N[C@@H](C)C(=O)O[C@H](C)[C@H](NC(=O)c1cccnc1)C(=O)OC. The minimum absolute atomic E-state index is 0.210. The van der Waals surface area contributed by atoms with Gasteiger partial charge in [-0.05, 0) is 70.9 Å². The molecule has 0 aliphatic carbocycles. The molecule has 0 saturated heterocycles. The Morgan fingerprint density at radius 3 is 1.80 bits per heavy atom. The fraction of sp³-hybridized carbons (Fsp3) is 0.417. The van der Waals surface area contributed by atoms with Crippen molar-refractivity contribution in [1.29, 1.82) is 0 Å².